The average Bonchev–Trinajstić information content (AvgIpc) is 2.75. The monoisotopic (exact) mass is 382 g/mol. The first-order valence-electron chi connectivity index (χ1n) is 9.91. The average molecular weight is 383 g/mol. The molecule has 1 aliphatic heterocycles. The first-order chi connectivity index (χ1) is 13.6. The fourth-order valence-electron chi connectivity index (χ4n) is 3.75. The van der Waals surface area contributed by atoms with Crippen molar-refractivity contribution in [2.75, 3.05) is 33.9 Å². The number of para-hydroxylation sites is 1. The number of ether oxygens (including phenoxy) is 2. The summed E-state index contributed by atoms with van der Waals surface area (Å²) in [7, 11) is 3.32. The number of piperidine rings is 1. The molecule has 0 aromatic heterocycles. The molecule has 0 aliphatic carbocycles. The molecule has 3 rings (SSSR count). The summed E-state index contributed by atoms with van der Waals surface area (Å²) in [5.74, 6) is 2.28. The number of hydrogen-bond donors (Lipinski definition) is 1. The summed E-state index contributed by atoms with van der Waals surface area (Å²) < 4.78 is 10.8. The lowest BCUT2D eigenvalue weighted by Gasteiger charge is -2.37. The van der Waals surface area contributed by atoms with E-state index in [1.165, 1.54) is 12.8 Å². The molecule has 1 unspecified atom stereocenters. The molecule has 0 saturated carbocycles. The molecule has 1 amide bonds. The molecule has 0 spiro atoms. The number of amides is 1. The van der Waals surface area contributed by atoms with Gasteiger partial charge in [-0.15, -0.1) is 0 Å². The van der Waals surface area contributed by atoms with Crippen molar-refractivity contribution in [3.63, 3.8) is 0 Å². The Balaban J connectivity index is 1.75. The Morgan fingerprint density at radius 1 is 1.07 bits per heavy atom. The summed E-state index contributed by atoms with van der Waals surface area (Å²) >= 11 is 0. The Morgan fingerprint density at radius 2 is 1.75 bits per heavy atom. The minimum absolute atomic E-state index is 0.0760. The van der Waals surface area contributed by atoms with Gasteiger partial charge in [0.1, 0.15) is 11.5 Å². The zero-order chi connectivity index (χ0) is 19.9. The second-order valence-electron chi connectivity index (χ2n) is 7.41. The maximum atomic E-state index is 12.7. The summed E-state index contributed by atoms with van der Waals surface area (Å²) in [6.07, 6.45) is 2.36. The van der Waals surface area contributed by atoms with E-state index in [1.807, 2.05) is 18.2 Å². The smallest absolute Gasteiger partial charge is 0.251 e. The van der Waals surface area contributed by atoms with Crippen LogP contribution in [0.2, 0.25) is 0 Å². The number of rotatable bonds is 7. The maximum Gasteiger partial charge on any atom is 0.251 e. The zero-order valence-corrected chi connectivity index (χ0v) is 17.0. The van der Waals surface area contributed by atoms with Crippen LogP contribution in [0, 0.1) is 5.92 Å². The highest BCUT2D eigenvalue weighted by atomic mass is 16.5. The molecule has 1 heterocycles. The Bertz CT molecular complexity index is 768. The fraction of sp³-hybridized carbons (Fsp3) is 0.435. The molecule has 0 bridgehead atoms. The molecule has 1 aliphatic rings. The van der Waals surface area contributed by atoms with Gasteiger partial charge in [0, 0.05) is 17.7 Å². The van der Waals surface area contributed by atoms with E-state index in [-0.39, 0.29) is 11.9 Å². The highest BCUT2D eigenvalue weighted by Gasteiger charge is 2.27. The van der Waals surface area contributed by atoms with Crippen LogP contribution in [0.25, 0.3) is 0 Å². The predicted octanol–water partition coefficient (Wildman–Crippen LogP) is 3.91. The van der Waals surface area contributed by atoms with Crippen molar-refractivity contribution in [1.82, 2.24) is 10.2 Å². The van der Waals surface area contributed by atoms with E-state index in [2.05, 4.69) is 23.2 Å². The predicted molar refractivity (Wildman–Crippen MR) is 111 cm³/mol. The third kappa shape index (κ3) is 4.84. The SMILES string of the molecule is COc1ccc(C(=O)NCC(c2ccccc2OC)N2CCC(C)CC2)cc1. The maximum absolute atomic E-state index is 12.7. The van der Waals surface area contributed by atoms with Crippen LogP contribution in [-0.4, -0.2) is 44.7 Å². The quantitative estimate of drug-likeness (QED) is 0.789. The number of carbonyl (C=O) groups excluding carboxylic acids is 1. The van der Waals surface area contributed by atoms with Gasteiger partial charge in [0.25, 0.3) is 5.91 Å². The van der Waals surface area contributed by atoms with Gasteiger partial charge < -0.3 is 14.8 Å². The van der Waals surface area contributed by atoms with Gasteiger partial charge in [0.15, 0.2) is 0 Å². The summed E-state index contributed by atoms with van der Waals surface area (Å²) in [6.45, 7) is 4.91. The third-order valence-corrected chi connectivity index (χ3v) is 5.57. The van der Waals surface area contributed by atoms with E-state index in [0.717, 1.165) is 36.1 Å². The number of methoxy groups -OCH3 is 2. The minimum Gasteiger partial charge on any atom is -0.497 e. The van der Waals surface area contributed by atoms with Gasteiger partial charge in [-0.3, -0.25) is 9.69 Å². The van der Waals surface area contributed by atoms with E-state index in [9.17, 15) is 4.79 Å². The molecule has 2 aromatic carbocycles. The normalized spacial score (nSPS) is 16.4. The molecule has 1 N–H and O–H groups in total. The Kier molecular flexibility index (Phi) is 6.93. The van der Waals surface area contributed by atoms with Crippen LogP contribution >= 0.6 is 0 Å². The summed E-state index contributed by atoms with van der Waals surface area (Å²) in [6, 6.07) is 15.4. The van der Waals surface area contributed by atoms with Crippen LogP contribution in [0.4, 0.5) is 0 Å². The standard InChI is InChI=1S/C23H30N2O3/c1-17-12-14-25(15-13-17)21(20-6-4-5-7-22(20)28-3)16-24-23(26)18-8-10-19(27-2)11-9-18/h4-11,17,21H,12-16H2,1-3H3,(H,24,26). The van der Waals surface area contributed by atoms with Gasteiger partial charge in [-0.25, -0.2) is 0 Å². The first-order valence-corrected chi connectivity index (χ1v) is 9.91. The van der Waals surface area contributed by atoms with Crippen molar-refractivity contribution in [2.45, 2.75) is 25.8 Å². The zero-order valence-electron chi connectivity index (χ0n) is 17.0. The first kappa shape index (κ1) is 20.2. The van der Waals surface area contributed by atoms with Crippen LogP contribution in [0.15, 0.2) is 48.5 Å². The lowest BCUT2D eigenvalue weighted by Crippen LogP contribution is -2.42. The molecular formula is C23H30N2O3. The summed E-state index contributed by atoms with van der Waals surface area (Å²) in [5, 5.41) is 3.12. The van der Waals surface area contributed by atoms with Gasteiger partial charge in [0.2, 0.25) is 0 Å². The minimum atomic E-state index is -0.0760. The number of nitrogens with one attached hydrogen (secondary N) is 1. The van der Waals surface area contributed by atoms with Gasteiger partial charge in [-0.1, -0.05) is 25.1 Å². The Labute approximate surface area is 167 Å². The topological polar surface area (TPSA) is 50.8 Å². The van der Waals surface area contributed by atoms with E-state index in [4.69, 9.17) is 9.47 Å². The van der Waals surface area contributed by atoms with Crippen molar-refractivity contribution in [3.8, 4) is 11.5 Å². The van der Waals surface area contributed by atoms with Gasteiger partial charge >= 0.3 is 0 Å². The van der Waals surface area contributed by atoms with Crippen molar-refractivity contribution in [2.24, 2.45) is 5.92 Å². The lowest BCUT2D eigenvalue weighted by molar-refractivity contribution is 0.0911. The molecule has 28 heavy (non-hydrogen) atoms. The molecule has 1 saturated heterocycles. The van der Waals surface area contributed by atoms with Gasteiger partial charge in [-0.05, 0) is 62.2 Å². The number of carbonyl (C=O) groups is 1. The van der Waals surface area contributed by atoms with Crippen LogP contribution in [0.3, 0.4) is 0 Å². The van der Waals surface area contributed by atoms with E-state index >= 15 is 0 Å². The Hall–Kier alpha value is -2.53. The van der Waals surface area contributed by atoms with Crippen LogP contribution < -0.4 is 14.8 Å². The molecule has 1 atom stereocenters. The van der Waals surface area contributed by atoms with Crippen molar-refractivity contribution in [3.05, 3.63) is 59.7 Å². The number of likely N-dealkylation sites (tertiary alicyclic amines) is 1. The second kappa shape index (κ2) is 9.60. The number of hydrogen-bond acceptors (Lipinski definition) is 4. The van der Waals surface area contributed by atoms with Crippen LogP contribution in [0.5, 0.6) is 11.5 Å². The number of nitrogens with zero attached hydrogens (tertiary/aromatic N) is 1. The van der Waals surface area contributed by atoms with E-state index in [0.29, 0.717) is 12.1 Å². The van der Waals surface area contributed by atoms with E-state index < -0.39 is 0 Å². The molecule has 2 aromatic rings. The largest absolute Gasteiger partial charge is 0.497 e. The second-order valence-corrected chi connectivity index (χ2v) is 7.41. The number of benzene rings is 2. The van der Waals surface area contributed by atoms with Gasteiger partial charge in [0.05, 0.1) is 20.3 Å². The van der Waals surface area contributed by atoms with Crippen molar-refractivity contribution in [1.29, 1.82) is 0 Å². The molecule has 1 fully saturated rings. The molecule has 5 nitrogen and oxygen atoms in total. The van der Waals surface area contributed by atoms with Crippen LogP contribution in [0.1, 0.15) is 41.7 Å². The summed E-state index contributed by atoms with van der Waals surface area (Å²) in [4.78, 5) is 15.1. The van der Waals surface area contributed by atoms with Crippen molar-refractivity contribution >= 4 is 5.91 Å². The molecule has 5 heteroatoms. The van der Waals surface area contributed by atoms with E-state index in [1.54, 1.807) is 38.5 Å². The molecule has 150 valence electrons. The third-order valence-electron chi connectivity index (χ3n) is 5.57. The summed E-state index contributed by atoms with van der Waals surface area (Å²) in [5.41, 5.74) is 1.75. The van der Waals surface area contributed by atoms with Crippen LogP contribution in [-0.2, 0) is 0 Å². The fourth-order valence-corrected chi connectivity index (χ4v) is 3.75. The molecular weight excluding hydrogens is 352 g/mol. The Morgan fingerprint density at radius 3 is 2.39 bits per heavy atom. The van der Waals surface area contributed by atoms with Gasteiger partial charge in [-0.2, -0.15) is 0 Å². The molecule has 0 radical (unpaired) electrons. The highest BCUT2D eigenvalue weighted by Crippen LogP contribution is 2.32. The lowest BCUT2D eigenvalue weighted by atomic mass is 9.95. The van der Waals surface area contributed by atoms with Crippen molar-refractivity contribution < 1.29 is 14.3 Å². The highest BCUT2D eigenvalue weighted by molar-refractivity contribution is 5.94.